The highest BCUT2D eigenvalue weighted by atomic mass is 32.1. The molecule has 120 valence electrons. The first-order valence-electron chi connectivity index (χ1n) is 7.52. The molecule has 0 unspecified atom stereocenters. The van der Waals surface area contributed by atoms with Crippen molar-refractivity contribution >= 4 is 34.5 Å². The largest absolute Gasteiger partial charge is 0.330 e. The van der Waals surface area contributed by atoms with Crippen molar-refractivity contribution in [1.29, 1.82) is 0 Å². The van der Waals surface area contributed by atoms with Gasteiger partial charge in [0.25, 0.3) is 5.91 Å². The van der Waals surface area contributed by atoms with Crippen LogP contribution < -0.4 is 16.4 Å². The molecule has 1 aromatic heterocycles. The summed E-state index contributed by atoms with van der Waals surface area (Å²) in [4.78, 5) is 28.1. The van der Waals surface area contributed by atoms with Gasteiger partial charge in [0.15, 0.2) is 0 Å². The number of hydrogen-bond donors (Lipinski definition) is 3. The molecule has 4 N–H and O–H groups in total. The molecule has 1 heterocycles. The number of benzene rings is 1. The van der Waals surface area contributed by atoms with E-state index in [1.165, 1.54) is 11.3 Å². The van der Waals surface area contributed by atoms with Gasteiger partial charge in [-0.15, -0.1) is 11.3 Å². The second kappa shape index (κ2) is 6.89. The van der Waals surface area contributed by atoms with E-state index < -0.39 is 0 Å². The van der Waals surface area contributed by atoms with Gasteiger partial charge in [0.2, 0.25) is 5.91 Å². The van der Waals surface area contributed by atoms with Crippen LogP contribution >= 0.6 is 11.3 Å². The summed E-state index contributed by atoms with van der Waals surface area (Å²) in [6.07, 6.45) is 2.62. The summed E-state index contributed by atoms with van der Waals surface area (Å²) in [7, 11) is 0. The molecule has 0 saturated heterocycles. The zero-order chi connectivity index (χ0) is 16.2. The molecule has 0 spiro atoms. The van der Waals surface area contributed by atoms with E-state index in [-0.39, 0.29) is 17.7 Å². The lowest BCUT2D eigenvalue weighted by Crippen LogP contribution is -2.14. The van der Waals surface area contributed by atoms with E-state index in [1.807, 2.05) is 0 Å². The van der Waals surface area contributed by atoms with Crippen molar-refractivity contribution in [2.45, 2.75) is 19.3 Å². The normalized spacial score (nSPS) is 13.6. The van der Waals surface area contributed by atoms with E-state index in [1.54, 1.807) is 29.6 Å². The second-order valence-corrected chi connectivity index (χ2v) is 6.40. The van der Waals surface area contributed by atoms with Gasteiger partial charge in [0.05, 0.1) is 5.01 Å². The average Bonchev–Trinajstić information content (AvgIpc) is 3.29. The lowest BCUT2D eigenvalue weighted by Gasteiger charge is -2.06. The van der Waals surface area contributed by atoms with Crippen LogP contribution in [0.4, 0.5) is 11.4 Å². The van der Waals surface area contributed by atoms with Crippen molar-refractivity contribution in [2.75, 3.05) is 17.2 Å². The Kier molecular flexibility index (Phi) is 4.68. The number of carbonyl (C=O) groups excluding carboxylic acids is 2. The molecule has 3 rings (SSSR count). The van der Waals surface area contributed by atoms with Crippen molar-refractivity contribution in [3.63, 3.8) is 0 Å². The third kappa shape index (κ3) is 4.14. The van der Waals surface area contributed by atoms with Crippen LogP contribution in [0.3, 0.4) is 0 Å². The topological polar surface area (TPSA) is 97.1 Å². The van der Waals surface area contributed by atoms with Crippen LogP contribution in [-0.4, -0.2) is 23.3 Å². The number of rotatable bonds is 6. The summed E-state index contributed by atoms with van der Waals surface area (Å²) >= 11 is 1.43. The number of nitrogens with zero attached hydrogens (tertiary/aromatic N) is 1. The van der Waals surface area contributed by atoms with Gasteiger partial charge in [0.1, 0.15) is 5.69 Å². The van der Waals surface area contributed by atoms with Gasteiger partial charge in [-0.05, 0) is 43.7 Å². The molecule has 1 aliphatic carbocycles. The Balaban J connectivity index is 1.58. The van der Waals surface area contributed by atoms with E-state index in [4.69, 9.17) is 5.73 Å². The summed E-state index contributed by atoms with van der Waals surface area (Å²) in [5.74, 6) is -0.0160. The maximum absolute atomic E-state index is 12.1. The number of carbonyl (C=O) groups is 2. The van der Waals surface area contributed by atoms with E-state index >= 15 is 0 Å². The van der Waals surface area contributed by atoms with Crippen LogP contribution in [0.2, 0.25) is 0 Å². The summed E-state index contributed by atoms with van der Waals surface area (Å²) in [5, 5.41) is 8.23. The third-order valence-corrected chi connectivity index (χ3v) is 4.41. The molecule has 7 heteroatoms. The molecule has 1 fully saturated rings. The Bertz CT molecular complexity index is 707. The first-order valence-corrected chi connectivity index (χ1v) is 8.40. The van der Waals surface area contributed by atoms with Gasteiger partial charge < -0.3 is 16.4 Å². The van der Waals surface area contributed by atoms with Crippen molar-refractivity contribution in [1.82, 2.24) is 4.98 Å². The van der Waals surface area contributed by atoms with Crippen molar-refractivity contribution in [2.24, 2.45) is 11.7 Å². The average molecular weight is 330 g/mol. The number of nitrogens with two attached hydrogens (primary N) is 1. The summed E-state index contributed by atoms with van der Waals surface area (Å²) in [6.45, 7) is 0.516. The molecule has 1 aliphatic rings. The van der Waals surface area contributed by atoms with Gasteiger partial charge in [0, 0.05) is 29.1 Å². The van der Waals surface area contributed by atoms with Crippen molar-refractivity contribution in [3.8, 4) is 0 Å². The highest BCUT2D eigenvalue weighted by molar-refractivity contribution is 7.09. The third-order valence-electron chi connectivity index (χ3n) is 3.50. The molecule has 23 heavy (non-hydrogen) atoms. The van der Waals surface area contributed by atoms with Crippen LogP contribution in [0.25, 0.3) is 0 Å². The monoisotopic (exact) mass is 330 g/mol. The van der Waals surface area contributed by atoms with E-state index in [0.29, 0.717) is 24.3 Å². The van der Waals surface area contributed by atoms with Gasteiger partial charge in [-0.25, -0.2) is 4.98 Å². The van der Waals surface area contributed by atoms with Gasteiger partial charge in [-0.3, -0.25) is 9.59 Å². The van der Waals surface area contributed by atoms with Gasteiger partial charge in [-0.1, -0.05) is 0 Å². The number of hydrogen-bond acceptors (Lipinski definition) is 5. The van der Waals surface area contributed by atoms with E-state index in [2.05, 4.69) is 15.6 Å². The molecular formula is C16H18N4O2S. The van der Waals surface area contributed by atoms with Crippen LogP contribution in [0, 0.1) is 5.92 Å². The first kappa shape index (κ1) is 15.6. The van der Waals surface area contributed by atoms with Crippen molar-refractivity contribution in [3.05, 3.63) is 40.3 Å². The fourth-order valence-corrected chi connectivity index (χ4v) is 2.87. The number of anilines is 2. The molecule has 2 aromatic rings. The number of aromatic nitrogens is 1. The smallest absolute Gasteiger partial charge is 0.275 e. The Hall–Kier alpha value is -2.25. The van der Waals surface area contributed by atoms with E-state index in [9.17, 15) is 9.59 Å². The van der Waals surface area contributed by atoms with Crippen LogP contribution in [0.5, 0.6) is 0 Å². The van der Waals surface area contributed by atoms with Gasteiger partial charge in [-0.2, -0.15) is 0 Å². The number of thiazole rings is 1. The Labute approximate surface area is 138 Å². The van der Waals surface area contributed by atoms with E-state index in [0.717, 1.165) is 23.5 Å². The second-order valence-electron chi connectivity index (χ2n) is 5.46. The highest BCUT2D eigenvalue weighted by Gasteiger charge is 2.29. The van der Waals surface area contributed by atoms with Crippen molar-refractivity contribution < 1.29 is 9.59 Å². The maximum Gasteiger partial charge on any atom is 0.275 e. The predicted molar refractivity (Wildman–Crippen MR) is 90.6 cm³/mol. The summed E-state index contributed by atoms with van der Waals surface area (Å²) in [6, 6.07) is 7.06. The highest BCUT2D eigenvalue weighted by Crippen LogP contribution is 2.30. The lowest BCUT2D eigenvalue weighted by atomic mass is 10.2. The SMILES string of the molecule is NCCc1nc(C(=O)Nc2ccc(NC(=O)C3CC3)cc2)cs1. The summed E-state index contributed by atoms with van der Waals surface area (Å²) < 4.78 is 0. The minimum absolute atomic E-state index is 0.0664. The number of nitrogens with one attached hydrogen (secondary N) is 2. The molecule has 1 saturated carbocycles. The minimum Gasteiger partial charge on any atom is -0.330 e. The summed E-state index contributed by atoms with van der Waals surface area (Å²) in [5.41, 5.74) is 7.26. The standard InChI is InChI=1S/C16H18N4O2S/c17-8-7-14-20-13(9-23-14)16(22)19-12-5-3-11(4-6-12)18-15(21)10-1-2-10/h3-6,9-10H,1-2,7-8,17H2,(H,18,21)(H,19,22). The molecule has 0 aliphatic heterocycles. The first-order chi connectivity index (χ1) is 11.2. The van der Waals surface area contributed by atoms with Gasteiger partial charge >= 0.3 is 0 Å². The zero-order valence-electron chi connectivity index (χ0n) is 12.5. The Morgan fingerprint density at radius 1 is 1.17 bits per heavy atom. The Morgan fingerprint density at radius 3 is 2.43 bits per heavy atom. The molecule has 0 atom stereocenters. The fraction of sp³-hybridized carbons (Fsp3) is 0.312. The lowest BCUT2D eigenvalue weighted by molar-refractivity contribution is -0.117. The number of amides is 2. The molecular weight excluding hydrogens is 312 g/mol. The molecule has 1 aromatic carbocycles. The minimum atomic E-state index is -0.251. The zero-order valence-corrected chi connectivity index (χ0v) is 13.4. The molecule has 0 radical (unpaired) electrons. The predicted octanol–water partition coefficient (Wildman–Crippen LogP) is 2.25. The van der Waals surface area contributed by atoms with Crippen LogP contribution in [0.1, 0.15) is 28.3 Å². The molecule has 0 bridgehead atoms. The molecule has 6 nitrogen and oxygen atoms in total. The maximum atomic E-state index is 12.1. The Morgan fingerprint density at radius 2 is 1.83 bits per heavy atom. The quantitative estimate of drug-likeness (QED) is 0.756. The molecule has 2 amide bonds. The van der Waals surface area contributed by atoms with Crippen LogP contribution in [-0.2, 0) is 11.2 Å². The van der Waals surface area contributed by atoms with Crippen LogP contribution in [0.15, 0.2) is 29.6 Å². The fourth-order valence-electron chi connectivity index (χ4n) is 2.08.